The minimum Gasteiger partial charge on any atom is -0.299 e. The highest BCUT2D eigenvalue weighted by Gasteiger charge is 2.43. The van der Waals surface area contributed by atoms with E-state index in [0.717, 1.165) is 0 Å². The largest absolute Gasteiger partial charge is 0.299 e. The molecule has 0 spiro atoms. The molecule has 2 rings (SSSR count). The van der Waals surface area contributed by atoms with Gasteiger partial charge in [0, 0.05) is 5.92 Å². The van der Waals surface area contributed by atoms with Crippen molar-refractivity contribution in [3.8, 4) is 0 Å². The van der Waals surface area contributed by atoms with E-state index in [1.165, 1.54) is 31.3 Å². The second-order valence-electron chi connectivity index (χ2n) is 6.88. The molecule has 1 nitrogen and oxygen atoms in total. The van der Waals surface area contributed by atoms with Gasteiger partial charge in [0.05, 0.1) is 0 Å². The first-order chi connectivity index (χ1) is 7.84. The lowest BCUT2D eigenvalue weighted by Crippen LogP contribution is -2.39. The van der Waals surface area contributed by atoms with Crippen LogP contribution in [0.4, 0.5) is 0 Å². The van der Waals surface area contributed by atoms with Crippen molar-refractivity contribution in [2.45, 2.75) is 60.3 Å². The molecule has 0 N–H and O–H groups in total. The van der Waals surface area contributed by atoms with Gasteiger partial charge in [0.2, 0.25) is 0 Å². The minimum atomic E-state index is 0.198. The van der Waals surface area contributed by atoms with Crippen molar-refractivity contribution in [3.63, 3.8) is 0 Å². The van der Waals surface area contributed by atoms with Gasteiger partial charge in [-0.1, -0.05) is 38.8 Å². The van der Waals surface area contributed by atoms with Crippen molar-refractivity contribution < 1.29 is 4.79 Å². The summed E-state index contributed by atoms with van der Waals surface area (Å²) in [5.74, 6) is 1.76. The van der Waals surface area contributed by atoms with E-state index in [1.807, 2.05) is 0 Å². The molecule has 0 saturated carbocycles. The summed E-state index contributed by atoms with van der Waals surface area (Å²) in [7, 11) is 0. The summed E-state index contributed by atoms with van der Waals surface area (Å²) in [6.45, 7) is 11.0. The van der Waals surface area contributed by atoms with Crippen molar-refractivity contribution >= 4 is 5.78 Å². The van der Waals surface area contributed by atoms with Crippen molar-refractivity contribution in [2.24, 2.45) is 23.2 Å². The van der Waals surface area contributed by atoms with Gasteiger partial charge in [-0.2, -0.15) is 0 Å². The van der Waals surface area contributed by atoms with E-state index in [1.54, 1.807) is 12.5 Å². The van der Waals surface area contributed by atoms with Crippen LogP contribution < -0.4 is 0 Å². The fraction of sp³-hybridized carbons (Fsp3) is 0.812. The van der Waals surface area contributed by atoms with Gasteiger partial charge < -0.3 is 0 Å². The highest BCUT2D eigenvalue weighted by atomic mass is 16.1. The number of carbonyl (C=O) groups excluding carboxylic acids is 1. The van der Waals surface area contributed by atoms with Gasteiger partial charge in [-0.05, 0) is 49.9 Å². The molecule has 0 aromatic rings. The average molecular weight is 234 g/mol. The maximum absolute atomic E-state index is 12.1. The molecule has 0 radical (unpaired) electrons. The van der Waals surface area contributed by atoms with Crippen molar-refractivity contribution in [3.05, 3.63) is 11.1 Å². The Bertz CT molecular complexity index is 362. The summed E-state index contributed by atoms with van der Waals surface area (Å²) in [5.41, 5.74) is 3.38. The zero-order valence-corrected chi connectivity index (χ0v) is 12.0. The Morgan fingerprint density at radius 3 is 2.53 bits per heavy atom. The summed E-state index contributed by atoms with van der Waals surface area (Å²) in [5, 5.41) is 0. The lowest BCUT2D eigenvalue weighted by atomic mass is 9.58. The topological polar surface area (TPSA) is 17.1 Å². The number of hydrogen-bond acceptors (Lipinski definition) is 1. The molecule has 0 fully saturated rings. The van der Waals surface area contributed by atoms with Crippen molar-refractivity contribution in [2.75, 3.05) is 0 Å². The van der Waals surface area contributed by atoms with Crippen LogP contribution in [0.15, 0.2) is 11.1 Å². The molecule has 1 heteroatoms. The molecule has 0 aromatic carbocycles. The van der Waals surface area contributed by atoms with Crippen molar-refractivity contribution in [1.82, 2.24) is 0 Å². The molecule has 0 bridgehead atoms. The third kappa shape index (κ3) is 2.09. The van der Waals surface area contributed by atoms with Crippen LogP contribution in [0.2, 0.25) is 0 Å². The molecule has 0 aliphatic heterocycles. The fourth-order valence-corrected chi connectivity index (χ4v) is 4.08. The number of Topliss-reactive ketones (excluding diaryl/α,β-unsaturated/α-hetero) is 1. The van der Waals surface area contributed by atoms with Crippen LogP contribution >= 0.6 is 0 Å². The zero-order chi connectivity index (χ0) is 12.8. The SMILES string of the molecule is CC(=O)C1C2=C(CCCC2(C)C)CC(C)C1C. The molecule has 0 amide bonds. The summed E-state index contributed by atoms with van der Waals surface area (Å²) in [4.78, 5) is 12.1. The molecule has 0 aromatic heterocycles. The van der Waals surface area contributed by atoms with Gasteiger partial charge in [0.25, 0.3) is 0 Å². The van der Waals surface area contributed by atoms with E-state index in [4.69, 9.17) is 0 Å². The lowest BCUT2D eigenvalue weighted by molar-refractivity contribution is -0.122. The second kappa shape index (κ2) is 4.26. The first-order valence-corrected chi connectivity index (χ1v) is 7.07. The van der Waals surface area contributed by atoms with Gasteiger partial charge in [0.15, 0.2) is 0 Å². The van der Waals surface area contributed by atoms with Crippen LogP contribution in [0.1, 0.15) is 60.3 Å². The number of rotatable bonds is 1. The Morgan fingerprint density at radius 2 is 1.94 bits per heavy atom. The highest BCUT2D eigenvalue weighted by Crippen LogP contribution is 2.52. The lowest BCUT2D eigenvalue weighted by Gasteiger charge is -2.46. The van der Waals surface area contributed by atoms with E-state index in [-0.39, 0.29) is 11.3 Å². The van der Waals surface area contributed by atoms with Crippen LogP contribution in [-0.4, -0.2) is 5.78 Å². The molecule has 17 heavy (non-hydrogen) atoms. The van der Waals surface area contributed by atoms with E-state index in [0.29, 0.717) is 17.6 Å². The molecular formula is C16H26O. The van der Waals surface area contributed by atoms with Crippen LogP contribution in [0.5, 0.6) is 0 Å². The summed E-state index contributed by atoms with van der Waals surface area (Å²) in [6.07, 6.45) is 5.01. The van der Waals surface area contributed by atoms with Crippen LogP contribution in [0.25, 0.3) is 0 Å². The van der Waals surface area contributed by atoms with Gasteiger partial charge in [-0.15, -0.1) is 0 Å². The number of carbonyl (C=O) groups is 1. The Morgan fingerprint density at radius 1 is 1.29 bits per heavy atom. The fourth-order valence-electron chi connectivity index (χ4n) is 4.08. The predicted molar refractivity (Wildman–Crippen MR) is 71.8 cm³/mol. The summed E-state index contributed by atoms with van der Waals surface area (Å²) >= 11 is 0. The van der Waals surface area contributed by atoms with Crippen LogP contribution in [0, 0.1) is 23.2 Å². The van der Waals surface area contributed by atoms with E-state index in [9.17, 15) is 4.79 Å². The molecule has 0 saturated heterocycles. The quantitative estimate of drug-likeness (QED) is 0.616. The Kier molecular flexibility index (Phi) is 3.22. The van der Waals surface area contributed by atoms with Gasteiger partial charge in [-0.3, -0.25) is 4.79 Å². The van der Waals surface area contributed by atoms with Crippen LogP contribution in [-0.2, 0) is 4.79 Å². The predicted octanol–water partition coefficient (Wildman–Crippen LogP) is 4.37. The molecule has 2 aliphatic carbocycles. The standard InChI is InChI=1S/C16H26O/c1-10-9-13-7-6-8-16(4,5)15(13)14(11(10)2)12(3)17/h10-11,14H,6-9H2,1-5H3. The third-order valence-corrected chi connectivity index (χ3v) is 5.13. The smallest absolute Gasteiger partial charge is 0.137 e. The van der Waals surface area contributed by atoms with Gasteiger partial charge >= 0.3 is 0 Å². The van der Waals surface area contributed by atoms with E-state index >= 15 is 0 Å². The molecule has 2 aliphatic rings. The monoisotopic (exact) mass is 234 g/mol. The molecule has 96 valence electrons. The van der Waals surface area contributed by atoms with Gasteiger partial charge in [-0.25, -0.2) is 0 Å². The van der Waals surface area contributed by atoms with Gasteiger partial charge in [0.1, 0.15) is 5.78 Å². The maximum Gasteiger partial charge on any atom is 0.137 e. The zero-order valence-electron chi connectivity index (χ0n) is 12.0. The summed E-state index contributed by atoms with van der Waals surface area (Å²) in [6, 6.07) is 0. The third-order valence-electron chi connectivity index (χ3n) is 5.13. The van der Waals surface area contributed by atoms with E-state index < -0.39 is 0 Å². The highest BCUT2D eigenvalue weighted by molar-refractivity contribution is 5.82. The number of allylic oxidation sites excluding steroid dienone is 2. The summed E-state index contributed by atoms with van der Waals surface area (Å²) < 4.78 is 0. The van der Waals surface area contributed by atoms with Crippen LogP contribution in [0.3, 0.4) is 0 Å². The van der Waals surface area contributed by atoms with E-state index in [2.05, 4.69) is 27.7 Å². The first kappa shape index (κ1) is 12.9. The van der Waals surface area contributed by atoms with Crippen molar-refractivity contribution in [1.29, 1.82) is 0 Å². The maximum atomic E-state index is 12.1. The molecular weight excluding hydrogens is 208 g/mol. The average Bonchev–Trinajstić information content (AvgIpc) is 2.20. The molecule has 0 heterocycles. The normalized spacial score (nSPS) is 36.6. The minimum absolute atomic E-state index is 0.198. The second-order valence-corrected chi connectivity index (χ2v) is 6.88. The first-order valence-electron chi connectivity index (χ1n) is 7.07. The molecule has 3 unspecified atom stereocenters. The number of hydrogen-bond donors (Lipinski definition) is 0. The Hall–Kier alpha value is -0.590. The molecule has 3 atom stereocenters. The Labute approximate surface area is 106 Å². The Balaban J connectivity index is 2.50. The number of ketones is 1.